The lowest BCUT2D eigenvalue weighted by molar-refractivity contribution is -0.145. The number of piperidine rings is 1. The van der Waals surface area contributed by atoms with Crippen LogP contribution in [0.3, 0.4) is 0 Å². The Kier molecular flexibility index (Phi) is 10.7. The minimum Gasteiger partial charge on any atom is -0.469 e. The molecule has 2 aromatic rings. The average Bonchev–Trinajstić information content (AvgIpc) is 3.41. The number of esters is 1. The van der Waals surface area contributed by atoms with Gasteiger partial charge in [0.25, 0.3) is 0 Å². The lowest BCUT2D eigenvalue weighted by Crippen LogP contribution is -2.50. The first kappa shape index (κ1) is 32.4. The Labute approximate surface area is 273 Å². The van der Waals surface area contributed by atoms with Crippen LogP contribution in [-0.4, -0.2) is 62.2 Å². The topological polar surface area (TPSA) is 76.6 Å². The number of hydrogen-bond acceptors (Lipinski definition) is 8. The molecule has 3 heterocycles. The number of rotatable bonds is 7. The fourth-order valence-corrected chi connectivity index (χ4v) is 9.38. The van der Waals surface area contributed by atoms with Gasteiger partial charge in [-0.05, 0) is 92.4 Å². The maximum atomic E-state index is 12.9. The van der Waals surface area contributed by atoms with Gasteiger partial charge >= 0.3 is 5.97 Å². The summed E-state index contributed by atoms with van der Waals surface area (Å²) in [4.78, 5) is 15.3. The van der Waals surface area contributed by atoms with Crippen molar-refractivity contribution < 1.29 is 14.3 Å². The maximum absolute atomic E-state index is 12.9. The number of carbonyl (C=O) groups is 1. The zero-order valence-corrected chi connectivity index (χ0v) is 28.4. The summed E-state index contributed by atoms with van der Waals surface area (Å²) in [5, 5.41) is 14.7. The molecule has 1 N–H and O–H groups in total. The van der Waals surface area contributed by atoms with Gasteiger partial charge in [-0.1, -0.05) is 80.4 Å². The highest BCUT2D eigenvalue weighted by Crippen LogP contribution is 2.43. The van der Waals surface area contributed by atoms with E-state index in [9.17, 15) is 4.79 Å². The number of benzene rings is 1. The van der Waals surface area contributed by atoms with E-state index in [1.165, 1.54) is 62.3 Å². The van der Waals surface area contributed by atoms with Gasteiger partial charge in [0.1, 0.15) is 5.01 Å². The number of ether oxygens (including phenoxy) is 2. The molecule has 7 nitrogen and oxygen atoms in total. The second-order valence-electron chi connectivity index (χ2n) is 13.8. The van der Waals surface area contributed by atoms with Crippen molar-refractivity contribution >= 4 is 22.4 Å². The lowest BCUT2D eigenvalue weighted by atomic mass is 9.74. The third-order valence-corrected chi connectivity index (χ3v) is 12.3. The second kappa shape index (κ2) is 14.9. The number of methoxy groups -OCH3 is 2. The molecule has 0 radical (unpaired) electrons. The molecule has 1 aromatic heterocycles. The normalized spacial score (nSPS) is 26.6. The number of nitrogens with zero attached hydrogens (tertiary/aromatic N) is 3. The summed E-state index contributed by atoms with van der Waals surface area (Å²) in [6.07, 6.45) is 18.8. The summed E-state index contributed by atoms with van der Waals surface area (Å²) in [7, 11) is 3.45. The molecule has 244 valence electrons. The number of carbonyl (C=O) groups excluding carboxylic acids is 1. The van der Waals surface area contributed by atoms with Gasteiger partial charge in [0, 0.05) is 32.3 Å². The summed E-state index contributed by atoms with van der Waals surface area (Å²) in [5.74, 6) is 1.06. The lowest BCUT2D eigenvalue weighted by Gasteiger charge is -2.45. The van der Waals surface area contributed by atoms with E-state index >= 15 is 0 Å². The highest BCUT2D eigenvalue weighted by atomic mass is 32.1. The van der Waals surface area contributed by atoms with Gasteiger partial charge in [0.05, 0.1) is 18.6 Å². The average molecular weight is 633 g/mol. The molecule has 0 bridgehead atoms. The second-order valence-corrected chi connectivity index (χ2v) is 14.7. The van der Waals surface area contributed by atoms with Crippen molar-refractivity contribution in [3.05, 3.63) is 53.1 Å². The Morgan fingerprint density at radius 2 is 1.73 bits per heavy atom. The molecule has 2 aliphatic heterocycles. The monoisotopic (exact) mass is 632 g/mol. The van der Waals surface area contributed by atoms with Crippen LogP contribution >= 0.6 is 11.3 Å². The molecule has 1 saturated heterocycles. The van der Waals surface area contributed by atoms with Crippen LogP contribution in [0.25, 0.3) is 10.6 Å². The summed E-state index contributed by atoms with van der Waals surface area (Å²) in [5.41, 5.74) is 5.01. The van der Waals surface area contributed by atoms with E-state index in [1.54, 1.807) is 11.3 Å². The maximum Gasteiger partial charge on any atom is 0.313 e. The van der Waals surface area contributed by atoms with Crippen LogP contribution in [0.4, 0.5) is 5.13 Å². The van der Waals surface area contributed by atoms with E-state index in [4.69, 9.17) is 9.47 Å². The molecule has 0 amide bonds. The Morgan fingerprint density at radius 1 is 0.978 bits per heavy atom. The summed E-state index contributed by atoms with van der Waals surface area (Å²) < 4.78 is 11.6. The Balaban J connectivity index is 1.13. The molecule has 2 aliphatic carbocycles. The predicted molar refractivity (Wildman–Crippen MR) is 183 cm³/mol. The minimum absolute atomic E-state index is 0.0275. The molecular formula is C37H52N4O3S. The molecule has 1 aromatic carbocycles. The molecule has 2 fully saturated rings. The number of anilines is 1. The summed E-state index contributed by atoms with van der Waals surface area (Å²) >= 11 is 1.71. The first-order chi connectivity index (χ1) is 22.0. The van der Waals surface area contributed by atoms with Gasteiger partial charge in [0.2, 0.25) is 5.13 Å². The number of aromatic nitrogens is 2. The first-order valence-corrected chi connectivity index (χ1v) is 18.2. The van der Waals surface area contributed by atoms with Crippen LogP contribution in [-0.2, 0) is 14.3 Å². The fraction of sp³-hybridized carbons (Fsp3) is 0.649. The zero-order chi connectivity index (χ0) is 31.2. The first-order valence-electron chi connectivity index (χ1n) is 17.4. The highest BCUT2D eigenvalue weighted by Gasteiger charge is 2.42. The Morgan fingerprint density at radius 3 is 2.40 bits per heavy atom. The molecule has 4 aliphatic rings. The van der Waals surface area contributed by atoms with Crippen LogP contribution in [0.5, 0.6) is 0 Å². The van der Waals surface area contributed by atoms with Crippen LogP contribution in [0, 0.1) is 17.8 Å². The van der Waals surface area contributed by atoms with E-state index in [2.05, 4.69) is 63.8 Å². The Bertz CT molecular complexity index is 1340. The van der Waals surface area contributed by atoms with Crippen molar-refractivity contribution in [2.24, 2.45) is 17.8 Å². The van der Waals surface area contributed by atoms with Crippen LogP contribution in [0.2, 0.25) is 0 Å². The van der Waals surface area contributed by atoms with Gasteiger partial charge in [0.15, 0.2) is 0 Å². The molecule has 6 rings (SSSR count). The van der Waals surface area contributed by atoms with Crippen molar-refractivity contribution in [3.63, 3.8) is 0 Å². The van der Waals surface area contributed by atoms with E-state index in [0.717, 1.165) is 80.4 Å². The van der Waals surface area contributed by atoms with Crippen molar-refractivity contribution in [2.45, 2.75) is 95.5 Å². The van der Waals surface area contributed by atoms with Crippen molar-refractivity contribution in [1.82, 2.24) is 15.5 Å². The summed E-state index contributed by atoms with van der Waals surface area (Å²) in [6.45, 7) is 6.00. The van der Waals surface area contributed by atoms with E-state index < -0.39 is 0 Å². The SMILES string of the molecule is COC(=O)C1C(C2=CCNCC2)=CCC(c2ccc(-c3nnc(N4CCC(OC)(C5CCCCCC5)CC4)s3)cc2)CC[C@@H]1C. The molecule has 2 unspecified atom stereocenters. The van der Waals surface area contributed by atoms with Gasteiger partial charge in [-0.15, -0.1) is 10.2 Å². The third-order valence-electron chi connectivity index (χ3n) is 11.3. The molecule has 0 spiro atoms. The molecule has 1 saturated carbocycles. The minimum atomic E-state index is -0.183. The van der Waals surface area contributed by atoms with E-state index in [0.29, 0.717) is 11.8 Å². The Hall–Kier alpha value is -2.55. The van der Waals surface area contributed by atoms with Crippen LogP contribution in [0.1, 0.15) is 95.5 Å². The molecule has 45 heavy (non-hydrogen) atoms. The number of hydrogen-bond donors (Lipinski definition) is 1. The predicted octanol–water partition coefficient (Wildman–Crippen LogP) is 7.70. The molecule has 8 heteroatoms. The van der Waals surface area contributed by atoms with Crippen LogP contribution < -0.4 is 10.2 Å². The quantitative estimate of drug-likeness (QED) is 0.248. The van der Waals surface area contributed by atoms with Crippen molar-refractivity contribution in [2.75, 3.05) is 45.3 Å². The van der Waals surface area contributed by atoms with Gasteiger partial charge < -0.3 is 19.7 Å². The van der Waals surface area contributed by atoms with Gasteiger partial charge in [-0.3, -0.25) is 4.79 Å². The highest BCUT2D eigenvalue weighted by molar-refractivity contribution is 7.18. The van der Waals surface area contributed by atoms with E-state index in [-0.39, 0.29) is 23.4 Å². The largest absolute Gasteiger partial charge is 0.469 e. The molecular weight excluding hydrogens is 580 g/mol. The third kappa shape index (κ3) is 7.23. The van der Waals surface area contributed by atoms with Gasteiger partial charge in [-0.25, -0.2) is 0 Å². The van der Waals surface area contributed by atoms with Crippen molar-refractivity contribution in [1.29, 1.82) is 0 Å². The number of allylic oxidation sites excluding steroid dienone is 1. The van der Waals surface area contributed by atoms with Crippen LogP contribution in [0.15, 0.2) is 47.6 Å². The number of nitrogens with one attached hydrogen (secondary N) is 1. The van der Waals surface area contributed by atoms with Gasteiger partial charge in [-0.2, -0.15) is 0 Å². The van der Waals surface area contributed by atoms with E-state index in [1.807, 2.05) is 7.11 Å². The van der Waals surface area contributed by atoms with Crippen molar-refractivity contribution in [3.8, 4) is 10.6 Å². The standard InChI is InChI=1S/C37H52N4O3S/c1-26-10-11-27(16-17-32(33(26)35(42)43-2)29-18-22-38-23-19-29)28-12-14-30(15-13-28)34-39-40-36(45-34)41-24-20-37(44-3,21-25-41)31-8-6-4-5-7-9-31/h12-15,17-18,26-27,31,33,38H,4-11,16,19-25H2,1-3H3/t26-,27?,33?/m0/s1. The zero-order valence-electron chi connectivity index (χ0n) is 27.6. The molecule has 3 atom stereocenters. The smallest absolute Gasteiger partial charge is 0.313 e. The summed E-state index contributed by atoms with van der Waals surface area (Å²) in [6, 6.07) is 9.00. The fourth-order valence-electron chi connectivity index (χ4n) is 8.47.